The van der Waals surface area contributed by atoms with Crippen molar-refractivity contribution in [3.63, 3.8) is 0 Å². The predicted molar refractivity (Wildman–Crippen MR) is 97.6 cm³/mol. The van der Waals surface area contributed by atoms with Crippen LogP contribution in [-0.4, -0.2) is 30.6 Å². The van der Waals surface area contributed by atoms with Crippen molar-refractivity contribution in [1.29, 1.82) is 0 Å². The third kappa shape index (κ3) is 4.25. The summed E-state index contributed by atoms with van der Waals surface area (Å²) in [5.74, 6) is -0.853. The number of carbonyl (C=O) groups is 3. The van der Waals surface area contributed by atoms with Gasteiger partial charge in [0.05, 0.1) is 0 Å². The van der Waals surface area contributed by atoms with Gasteiger partial charge in [0, 0.05) is 17.2 Å². The van der Waals surface area contributed by atoms with Crippen LogP contribution in [0.4, 0.5) is 4.79 Å². The maximum absolute atomic E-state index is 12.7. The van der Waals surface area contributed by atoms with Crippen molar-refractivity contribution >= 4 is 17.9 Å². The Kier molecular flexibility index (Phi) is 5.40. The lowest BCUT2D eigenvalue weighted by Gasteiger charge is -2.26. The molecule has 0 spiro atoms. The third-order valence-electron chi connectivity index (χ3n) is 3.93. The molecule has 2 aromatic carbocycles. The van der Waals surface area contributed by atoms with Crippen LogP contribution in [0.2, 0.25) is 0 Å². The number of rotatable bonds is 4. The van der Waals surface area contributed by atoms with Gasteiger partial charge in [-0.1, -0.05) is 36.4 Å². The summed E-state index contributed by atoms with van der Waals surface area (Å²) >= 11 is 0. The lowest BCUT2D eigenvalue weighted by atomic mass is 9.88. The highest BCUT2D eigenvalue weighted by Gasteiger charge is 2.33. The summed E-state index contributed by atoms with van der Waals surface area (Å²) in [5.41, 5.74) is 1.33. The Morgan fingerprint density at radius 3 is 2.11 bits per heavy atom. The van der Waals surface area contributed by atoms with Gasteiger partial charge in [-0.2, -0.15) is 0 Å². The molecule has 2 aromatic rings. The monoisotopic (exact) mass is 368 g/mol. The Morgan fingerprint density at radius 2 is 1.56 bits per heavy atom. The number of hydrogen-bond acceptors (Lipinski definition) is 5. The van der Waals surface area contributed by atoms with Gasteiger partial charge in [0.15, 0.2) is 6.61 Å². The van der Waals surface area contributed by atoms with Crippen LogP contribution in [0.5, 0.6) is 11.5 Å². The SMILES string of the molecule is CC(C)NC(=O)NC(=O)COC(=O)C1c2ccccc2Oc2ccccc21. The van der Waals surface area contributed by atoms with Gasteiger partial charge < -0.3 is 14.8 Å². The molecule has 0 aromatic heterocycles. The van der Waals surface area contributed by atoms with Crippen LogP contribution < -0.4 is 15.4 Å². The summed E-state index contributed by atoms with van der Waals surface area (Å²) in [6.45, 7) is 2.99. The number of imide groups is 1. The molecule has 0 atom stereocenters. The number of benzene rings is 2. The molecule has 0 unspecified atom stereocenters. The molecule has 1 aliphatic rings. The first-order chi connectivity index (χ1) is 13.0. The van der Waals surface area contributed by atoms with Crippen LogP contribution in [0, 0.1) is 0 Å². The van der Waals surface area contributed by atoms with Crippen LogP contribution in [0.25, 0.3) is 0 Å². The molecule has 140 valence electrons. The molecule has 3 rings (SSSR count). The first kappa shape index (κ1) is 18.4. The highest BCUT2D eigenvalue weighted by atomic mass is 16.5. The summed E-state index contributed by atoms with van der Waals surface area (Å²) in [7, 11) is 0. The predicted octanol–water partition coefficient (Wildman–Crippen LogP) is 2.70. The third-order valence-corrected chi connectivity index (χ3v) is 3.93. The first-order valence-corrected chi connectivity index (χ1v) is 8.58. The molecule has 27 heavy (non-hydrogen) atoms. The average molecular weight is 368 g/mol. The minimum atomic E-state index is -0.705. The van der Waals surface area contributed by atoms with Gasteiger partial charge in [0.25, 0.3) is 5.91 Å². The number of amides is 3. The molecule has 7 heteroatoms. The van der Waals surface area contributed by atoms with Gasteiger partial charge in [0.1, 0.15) is 17.4 Å². The van der Waals surface area contributed by atoms with Crippen LogP contribution >= 0.6 is 0 Å². The van der Waals surface area contributed by atoms with E-state index < -0.39 is 30.4 Å². The summed E-state index contributed by atoms with van der Waals surface area (Å²) in [5, 5.41) is 4.64. The number of nitrogens with one attached hydrogen (secondary N) is 2. The largest absolute Gasteiger partial charge is 0.457 e. The number of para-hydroxylation sites is 2. The van der Waals surface area contributed by atoms with Gasteiger partial charge in [-0.05, 0) is 26.0 Å². The fourth-order valence-corrected chi connectivity index (χ4v) is 2.84. The van der Waals surface area contributed by atoms with E-state index in [0.717, 1.165) is 0 Å². The second-order valence-corrected chi connectivity index (χ2v) is 6.39. The minimum Gasteiger partial charge on any atom is -0.457 e. The lowest BCUT2D eigenvalue weighted by Crippen LogP contribution is -2.44. The van der Waals surface area contributed by atoms with Gasteiger partial charge >= 0.3 is 12.0 Å². The van der Waals surface area contributed by atoms with Crippen molar-refractivity contribution in [3.8, 4) is 11.5 Å². The topological polar surface area (TPSA) is 93.7 Å². The Morgan fingerprint density at radius 1 is 1.00 bits per heavy atom. The molecule has 1 heterocycles. The van der Waals surface area contributed by atoms with E-state index in [1.165, 1.54) is 0 Å². The second kappa shape index (κ2) is 7.90. The van der Waals surface area contributed by atoms with Gasteiger partial charge in [-0.25, -0.2) is 4.79 Å². The van der Waals surface area contributed by atoms with E-state index in [4.69, 9.17) is 9.47 Å². The molecule has 7 nitrogen and oxygen atoms in total. The molecule has 0 radical (unpaired) electrons. The molecule has 0 aliphatic carbocycles. The molecular weight excluding hydrogens is 348 g/mol. The fourth-order valence-electron chi connectivity index (χ4n) is 2.84. The number of carbonyl (C=O) groups excluding carboxylic acids is 3. The van der Waals surface area contributed by atoms with E-state index in [1.807, 2.05) is 12.1 Å². The zero-order valence-corrected chi connectivity index (χ0v) is 15.0. The second-order valence-electron chi connectivity index (χ2n) is 6.39. The van der Waals surface area contributed by atoms with Crippen molar-refractivity contribution in [2.45, 2.75) is 25.8 Å². The van der Waals surface area contributed by atoms with E-state index in [1.54, 1.807) is 50.2 Å². The highest BCUT2D eigenvalue weighted by Crippen LogP contribution is 2.44. The standard InChI is InChI=1S/C20H20N2O5/c1-12(2)21-20(25)22-17(23)11-26-19(24)18-13-7-3-5-9-15(13)27-16-10-6-4-8-14(16)18/h3-10,12,18H,11H2,1-2H3,(H2,21,22,23,25). The van der Waals surface area contributed by atoms with Crippen LogP contribution in [0.15, 0.2) is 48.5 Å². The Balaban J connectivity index is 1.72. The summed E-state index contributed by atoms with van der Waals surface area (Å²) < 4.78 is 11.0. The van der Waals surface area contributed by atoms with Crippen molar-refractivity contribution in [1.82, 2.24) is 10.6 Å². The molecule has 0 fully saturated rings. The zero-order chi connectivity index (χ0) is 19.4. The Hall–Kier alpha value is -3.35. The molecular formula is C20H20N2O5. The lowest BCUT2D eigenvalue weighted by molar-refractivity contribution is -0.149. The van der Waals surface area contributed by atoms with Gasteiger partial charge in [-0.15, -0.1) is 0 Å². The van der Waals surface area contributed by atoms with Crippen LogP contribution in [0.3, 0.4) is 0 Å². The molecule has 1 aliphatic heterocycles. The molecule has 2 N–H and O–H groups in total. The Bertz CT molecular complexity index is 833. The number of hydrogen-bond donors (Lipinski definition) is 2. The number of fused-ring (bicyclic) bond motifs is 2. The van der Waals surface area contributed by atoms with Gasteiger partial charge in [-0.3, -0.25) is 14.9 Å². The quantitative estimate of drug-likeness (QED) is 0.810. The smallest absolute Gasteiger partial charge is 0.321 e. The Labute approximate surface area is 156 Å². The van der Waals surface area contributed by atoms with Gasteiger partial charge in [0.2, 0.25) is 0 Å². The zero-order valence-electron chi connectivity index (χ0n) is 15.0. The van der Waals surface area contributed by atoms with Crippen molar-refractivity contribution in [2.24, 2.45) is 0 Å². The van der Waals surface area contributed by atoms with E-state index >= 15 is 0 Å². The summed E-state index contributed by atoms with van der Waals surface area (Å²) in [6.07, 6.45) is 0. The van der Waals surface area contributed by atoms with E-state index in [9.17, 15) is 14.4 Å². The average Bonchev–Trinajstić information content (AvgIpc) is 2.63. The molecule has 0 bridgehead atoms. The van der Waals surface area contributed by atoms with Crippen molar-refractivity contribution in [3.05, 3.63) is 59.7 Å². The summed E-state index contributed by atoms with van der Waals surface area (Å²) in [6, 6.07) is 13.6. The van der Waals surface area contributed by atoms with Crippen molar-refractivity contribution in [2.75, 3.05) is 6.61 Å². The normalized spacial score (nSPS) is 12.4. The first-order valence-electron chi connectivity index (χ1n) is 8.58. The number of urea groups is 1. The highest BCUT2D eigenvalue weighted by molar-refractivity contribution is 5.96. The van der Waals surface area contributed by atoms with E-state index in [-0.39, 0.29) is 6.04 Å². The van der Waals surface area contributed by atoms with Crippen LogP contribution in [-0.2, 0) is 14.3 Å². The molecule has 3 amide bonds. The fraction of sp³-hybridized carbons (Fsp3) is 0.250. The maximum Gasteiger partial charge on any atom is 0.321 e. The van der Waals surface area contributed by atoms with Crippen LogP contribution in [0.1, 0.15) is 30.9 Å². The van der Waals surface area contributed by atoms with Crippen molar-refractivity contribution < 1.29 is 23.9 Å². The molecule has 0 saturated carbocycles. The minimum absolute atomic E-state index is 0.115. The van der Waals surface area contributed by atoms with E-state index in [0.29, 0.717) is 22.6 Å². The number of ether oxygens (including phenoxy) is 2. The summed E-state index contributed by atoms with van der Waals surface area (Å²) in [4.78, 5) is 36.1. The molecule has 0 saturated heterocycles. The van der Waals surface area contributed by atoms with E-state index in [2.05, 4.69) is 10.6 Å². The number of esters is 1. The maximum atomic E-state index is 12.7.